The molecular weight excluding hydrogens is 282 g/mol. The monoisotopic (exact) mass is 305 g/mol. The van der Waals surface area contributed by atoms with Crippen molar-refractivity contribution in [2.45, 2.75) is 39.7 Å². The van der Waals surface area contributed by atoms with E-state index in [0.717, 1.165) is 35.9 Å². The van der Waals surface area contributed by atoms with Crippen molar-refractivity contribution in [3.8, 4) is 0 Å². The summed E-state index contributed by atoms with van der Waals surface area (Å²) < 4.78 is 2.02. The van der Waals surface area contributed by atoms with Crippen molar-refractivity contribution in [3.63, 3.8) is 0 Å². The van der Waals surface area contributed by atoms with Crippen LogP contribution in [0.5, 0.6) is 0 Å². The van der Waals surface area contributed by atoms with E-state index < -0.39 is 0 Å². The zero-order chi connectivity index (χ0) is 15.4. The Morgan fingerprint density at radius 1 is 1.24 bits per heavy atom. The molecule has 0 aliphatic heterocycles. The molecule has 1 heterocycles. The van der Waals surface area contributed by atoms with E-state index in [0.29, 0.717) is 5.92 Å². The van der Waals surface area contributed by atoms with Crippen LogP contribution in [-0.4, -0.2) is 23.4 Å². The lowest BCUT2D eigenvalue weighted by molar-refractivity contribution is 0.563. The molecule has 2 aromatic rings. The Hall–Kier alpha value is -1.32. The van der Waals surface area contributed by atoms with Gasteiger partial charge in [0.05, 0.1) is 16.4 Å². The van der Waals surface area contributed by atoms with Gasteiger partial charge in [0.1, 0.15) is 0 Å². The molecule has 0 bridgehead atoms. The molecule has 0 fully saturated rings. The van der Waals surface area contributed by atoms with Crippen LogP contribution < -0.4 is 5.32 Å². The summed E-state index contributed by atoms with van der Waals surface area (Å²) in [6, 6.07) is 8.76. The van der Waals surface area contributed by atoms with Crippen molar-refractivity contribution in [2.24, 2.45) is 0 Å². The molecule has 0 aliphatic rings. The molecule has 114 valence electrons. The molecule has 0 saturated heterocycles. The lowest BCUT2D eigenvalue weighted by Crippen LogP contribution is -2.20. The maximum atomic E-state index is 6.45. The Balaban J connectivity index is 2.30. The number of likely N-dealkylation sites (N-methyl/N-ethyl adjacent to an activating group) is 1. The van der Waals surface area contributed by atoms with E-state index in [1.165, 1.54) is 11.1 Å². The molecule has 0 aliphatic carbocycles. The number of nitrogens with one attached hydrogen (secondary N) is 1. The number of hydrogen-bond acceptors (Lipinski definition) is 2. The summed E-state index contributed by atoms with van der Waals surface area (Å²) in [7, 11) is 1.99. The summed E-state index contributed by atoms with van der Waals surface area (Å²) in [6.07, 6.45) is 0.900. The van der Waals surface area contributed by atoms with Gasteiger partial charge in [-0.15, -0.1) is 0 Å². The molecule has 1 N–H and O–H groups in total. The van der Waals surface area contributed by atoms with Gasteiger partial charge in [0.15, 0.2) is 0 Å². The Morgan fingerprint density at radius 3 is 2.48 bits per heavy atom. The fourth-order valence-corrected chi connectivity index (χ4v) is 2.90. The number of benzene rings is 1. The van der Waals surface area contributed by atoms with Crippen molar-refractivity contribution in [1.82, 2.24) is 15.1 Å². The number of aryl methyl sites for hydroxylation is 3. The average molecular weight is 306 g/mol. The largest absolute Gasteiger partial charge is 0.319 e. The van der Waals surface area contributed by atoms with E-state index in [4.69, 9.17) is 11.6 Å². The van der Waals surface area contributed by atoms with Gasteiger partial charge in [0.25, 0.3) is 0 Å². The Bertz CT molecular complexity index is 587. The number of aromatic nitrogens is 2. The minimum absolute atomic E-state index is 0.398. The first-order valence-electron chi connectivity index (χ1n) is 7.49. The number of hydrogen-bond donors (Lipinski definition) is 1. The van der Waals surface area contributed by atoms with Crippen LogP contribution in [0, 0.1) is 13.8 Å². The third-order valence-electron chi connectivity index (χ3n) is 3.89. The summed E-state index contributed by atoms with van der Waals surface area (Å²) in [5.74, 6) is 0.398. The first-order chi connectivity index (χ1) is 10.1. The van der Waals surface area contributed by atoms with Gasteiger partial charge in [0.2, 0.25) is 0 Å². The van der Waals surface area contributed by atoms with Gasteiger partial charge in [-0.25, -0.2) is 0 Å². The fraction of sp³-hybridized carbons (Fsp3) is 0.471. The van der Waals surface area contributed by atoms with E-state index in [2.05, 4.69) is 48.5 Å². The molecule has 0 radical (unpaired) electrons. The van der Waals surface area contributed by atoms with Gasteiger partial charge in [0, 0.05) is 19.0 Å². The predicted molar refractivity (Wildman–Crippen MR) is 89.2 cm³/mol. The minimum atomic E-state index is 0.398. The molecule has 0 saturated carbocycles. The quantitative estimate of drug-likeness (QED) is 0.881. The maximum absolute atomic E-state index is 6.45. The number of halogens is 1. The average Bonchev–Trinajstić information content (AvgIpc) is 2.75. The third kappa shape index (κ3) is 3.66. The molecule has 0 amide bonds. The zero-order valence-electron chi connectivity index (χ0n) is 13.3. The highest BCUT2D eigenvalue weighted by Crippen LogP contribution is 2.27. The van der Waals surface area contributed by atoms with E-state index in [1.807, 2.05) is 18.7 Å². The highest BCUT2D eigenvalue weighted by atomic mass is 35.5. The van der Waals surface area contributed by atoms with Gasteiger partial charge in [-0.3, -0.25) is 4.68 Å². The van der Waals surface area contributed by atoms with Crippen molar-refractivity contribution in [3.05, 3.63) is 51.8 Å². The van der Waals surface area contributed by atoms with Crippen LogP contribution in [0.25, 0.3) is 0 Å². The van der Waals surface area contributed by atoms with Crippen LogP contribution in [0.1, 0.15) is 35.4 Å². The Labute approximate surface area is 132 Å². The first-order valence-corrected chi connectivity index (χ1v) is 7.87. The number of nitrogens with zero attached hydrogens (tertiary/aromatic N) is 2. The van der Waals surface area contributed by atoms with Crippen molar-refractivity contribution in [1.29, 1.82) is 0 Å². The topological polar surface area (TPSA) is 29.9 Å². The van der Waals surface area contributed by atoms with Crippen LogP contribution in [0.4, 0.5) is 0 Å². The van der Waals surface area contributed by atoms with Gasteiger partial charge >= 0.3 is 0 Å². The second-order valence-corrected chi connectivity index (χ2v) is 5.91. The van der Waals surface area contributed by atoms with Crippen molar-refractivity contribution < 1.29 is 0 Å². The third-order valence-corrected chi connectivity index (χ3v) is 4.38. The standard InChI is InChI=1S/C17H24ClN3/c1-5-21-16(17(18)13(3)20-21)10-15(11-19-4)14-8-6-12(2)7-9-14/h6-9,15,19H,5,10-11H2,1-4H3. The van der Waals surface area contributed by atoms with Gasteiger partial charge in [-0.1, -0.05) is 41.4 Å². The van der Waals surface area contributed by atoms with Crippen LogP contribution in [0.2, 0.25) is 5.02 Å². The maximum Gasteiger partial charge on any atom is 0.0847 e. The molecule has 3 nitrogen and oxygen atoms in total. The Morgan fingerprint density at radius 2 is 1.90 bits per heavy atom. The lowest BCUT2D eigenvalue weighted by Gasteiger charge is -2.18. The highest BCUT2D eigenvalue weighted by Gasteiger charge is 2.19. The van der Waals surface area contributed by atoms with Gasteiger partial charge < -0.3 is 5.32 Å². The predicted octanol–water partition coefficient (Wildman–Crippen LogP) is 3.72. The van der Waals surface area contributed by atoms with E-state index in [9.17, 15) is 0 Å². The van der Waals surface area contributed by atoms with Crippen LogP contribution >= 0.6 is 11.6 Å². The molecule has 1 atom stereocenters. The van der Waals surface area contributed by atoms with E-state index in [1.54, 1.807) is 0 Å². The Kier molecular flexibility index (Phi) is 5.43. The SMILES string of the molecule is CCn1nc(C)c(Cl)c1CC(CNC)c1ccc(C)cc1. The minimum Gasteiger partial charge on any atom is -0.319 e. The van der Waals surface area contributed by atoms with Crippen molar-refractivity contribution in [2.75, 3.05) is 13.6 Å². The molecule has 1 unspecified atom stereocenters. The molecule has 0 spiro atoms. The summed E-state index contributed by atoms with van der Waals surface area (Å²) in [5.41, 5.74) is 4.68. The zero-order valence-corrected chi connectivity index (χ0v) is 14.0. The lowest BCUT2D eigenvalue weighted by atomic mass is 9.93. The van der Waals surface area contributed by atoms with Crippen LogP contribution in [0.15, 0.2) is 24.3 Å². The van der Waals surface area contributed by atoms with E-state index >= 15 is 0 Å². The van der Waals surface area contributed by atoms with Crippen LogP contribution in [0.3, 0.4) is 0 Å². The normalized spacial score (nSPS) is 12.6. The molecule has 1 aromatic heterocycles. The summed E-state index contributed by atoms with van der Waals surface area (Å²) in [5, 5.41) is 8.62. The second-order valence-electron chi connectivity index (χ2n) is 5.53. The summed E-state index contributed by atoms with van der Waals surface area (Å²) >= 11 is 6.45. The summed E-state index contributed by atoms with van der Waals surface area (Å²) in [6.45, 7) is 7.96. The smallest absolute Gasteiger partial charge is 0.0847 e. The molecule has 4 heteroatoms. The molecule has 2 rings (SSSR count). The van der Waals surface area contributed by atoms with Gasteiger partial charge in [-0.2, -0.15) is 5.10 Å². The molecule has 21 heavy (non-hydrogen) atoms. The van der Waals surface area contributed by atoms with E-state index in [-0.39, 0.29) is 0 Å². The fourth-order valence-electron chi connectivity index (χ4n) is 2.69. The first kappa shape index (κ1) is 16.1. The van der Waals surface area contributed by atoms with Crippen molar-refractivity contribution >= 4 is 11.6 Å². The molecule has 1 aromatic carbocycles. The highest BCUT2D eigenvalue weighted by molar-refractivity contribution is 6.31. The second kappa shape index (κ2) is 7.10. The van der Waals surface area contributed by atoms with Gasteiger partial charge in [-0.05, 0) is 39.8 Å². The summed E-state index contributed by atoms with van der Waals surface area (Å²) in [4.78, 5) is 0. The molecular formula is C17H24ClN3. The van der Waals surface area contributed by atoms with Crippen LogP contribution in [-0.2, 0) is 13.0 Å². The number of rotatable bonds is 6.